The van der Waals surface area contributed by atoms with Gasteiger partial charge >= 0.3 is 0 Å². The van der Waals surface area contributed by atoms with E-state index in [9.17, 15) is 4.39 Å². The van der Waals surface area contributed by atoms with Gasteiger partial charge in [0, 0.05) is 17.1 Å². The van der Waals surface area contributed by atoms with Crippen molar-refractivity contribution in [1.82, 2.24) is 0 Å². The molecular weight excluding hydrogens is 301 g/mol. The van der Waals surface area contributed by atoms with Crippen LogP contribution in [0, 0.1) is 5.82 Å². The van der Waals surface area contributed by atoms with Crippen LogP contribution in [0.1, 0.15) is 12.5 Å². The highest BCUT2D eigenvalue weighted by Crippen LogP contribution is 2.35. The molecule has 0 aromatic heterocycles. The normalized spacial score (nSPS) is 10.5. The van der Waals surface area contributed by atoms with Gasteiger partial charge in [-0.2, -0.15) is 0 Å². The molecule has 122 valence electrons. The van der Waals surface area contributed by atoms with Crippen molar-refractivity contribution in [2.75, 3.05) is 12.0 Å². The largest absolute Gasteiger partial charge is 0.497 e. The molecule has 2 nitrogen and oxygen atoms in total. The van der Waals surface area contributed by atoms with Gasteiger partial charge in [-0.05, 0) is 72.6 Å². The highest BCUT2D eigenvalue weighted by Gasteiger charge is 2.13. The second-order valence-electron chi connectivity index (χ2n) is 5.53. The molecule has 0 fully saturated rings. The number of halogens is 1. The molecule has 0 aliphatic carbocycles. The molecule has 0 amide bonds. The summed E-state index contributed by atoms with van der Waals surface area (Å²) < 4.78 is 18.6. The number of aryl methyl sites for hydroxylation is 1. The molecule has 0 bridgehead atoms. The van der Waals surface area contributed by atoms with Crippen LogP contribution in [0.15, 0.2) is 72.8 Å². The topological polar surface area (TPSA) is 12.5 Å². The molecule has 0 heterocycles. The van der Waals surface area contributed by atoms with Crippen molar-refractivity contribution < 1.29 is 9.13 Å². The summed E-state index contributed by atoms with van der Waals surface area (Å²) in [5.74, 6) is 0.566. The summed E-state index contributed by atoms with van der Waals surface area (Å²) in [7, 11) is 1.65. The fraction of sp³-hybridized carbons (Fsp3) is 0.143. The standard InChI is InChI=1S/C21H20FNO/c1-3-16-5-4-6-20(15-16)23(18-9-7-17(22)8-10-18)19-11-13-21(24-2)14-12-19/h4-15H,3H2,1-2H3. The van der Waals surface area contributed by atoms with E-state index in [-0.39, 0.29) is 5.82 Å². The van der Waals surface area contributed by atoms with Crippen LogP contribution in [0.2, 0.25) is 0 Å². The van der Waals surface area contributed by atoms with Crippen LogP contribution in [0.25, 0.3) is 0 Å². The van der Waals surface area contributed by atoms with Gasteiger partial charge < -0.3 is 9.64 Å². The number of benzene rings is 3. The smallest absolute Gasteiger partial charge is 0.123 e. The molecule has 3 aromatic carbocycles. The minimum absolute atomic E-state index is 0.240. The Morgan fingerprint density at radius 3 is 2.04 bits per heavy atom. The predicted octanol–water partition coefficient (Wildman–Crippen LogP) is 5.87. The Morgan fingerprint density at radius 2 is 1.46 bits per heavy atom. The van der Waals surface area contributed by atoms with Crippen molar-refractivity contribution in [1.29, 1.82) is 0 Å². The number of rotatable bonds is 5. The maximum absolute atomic E-state index is 13.3. The number of anilines is 3. The zero-order valence-corrected chi connectivity index (χ0v) is 13.9. The second kappa shape index (κ2) is 7.18. The van der Waals surface area contributed by atoms with Crippen molar-refractivity contribution in [3.63, 3.8) is 0 Å². The van der Waals surface area contributed by atoms with Crippen molar-refractivity contribution >= 4 is 17.1 Å². The maximum Gasteiger partial charge on any atom is 0.123 e. The zero-order valence-electron chi connectivity index (χ0n) is 13.9. The zero-order chi connectivity index (χ0) is 16.9. The Balaban J connectivity index is 2.10. The van der Waals surface area contributed by atoms with E-state index in [1.54, 1.807) is 19.2 Å². The molecule has 0 unspecified atom stereocenters. The summed E-state index contributed by atoms with van der Waals surface area (Å²) in [6, 6.07) is 22.8. The van der Waals surface area contributed by atoms with E-state index < -0.39 is 0 Å². The fourth-order valence-corrected chi connectivity index (χ4v) is 2.68. The van der Waals surface area contributed by atoms with Crippen molar-refractivity contribution in [3.8, 4) is 5.75 Å². The lowest BCUT2D eigenvalue weighted by atomic mass is 10.1. The van der Waals surface area contributed by atoms with Gasteiger partial charge in [-0.1, -0.05) is 19.1 Å². The minimum atomic E-state index is -0.240. The van der Waals surface area contributed by atoms with Gasteiger partial charge in [-0.15, -0.1) is 0 Å². The predicted molar refractivity (Wildman–Crippen MR) is 97.0 cm³/mol. The van der Waals surface area contributed by atoms with E-state index in [4.69, 9.17) is 4.74 Å². The molecule has 0 N–H and O–H groups in total. The third kappa shape index (κ3) is 3.40. The average Bonchev–Trinajstić information content (AvgIpc) is 2.64. The number of ether oxygens (including phenoxy) is 1. The first-order valence-corrected chi connectivity index (χ1v) is 8.00. The molecule has 0 radical (unpaired) electrons. The highest BCUT2D eigenvalue weighted by atomic mass is 19.1. The average molecular weight is 321 g/mol. The number of nitrogens with zero attached hydrogens (tertiary/aromatic N) is 1. The van der Waals surface area contributed by atoms with Crippen LogP contribution in [0.3, 0.4) is 0 Å². The van der Waals surface area contributed by atoms with E-state index in [2.05, 4.69) is 30.0 Å². The van der Waals surface area contributed by atoms with Gasteiger partial charge in [0.2, 0.25) is 0 Å². The van der Waals surface area contributed by atoms with E-state index in [0.29, 0.717) is 0 Å². The lowest BCUT2D eigenvalue weighted by Gasteiger charge is -2.26. The van der Waals surface area contributed by atoms with Crippen LogP contribution in [0.4, 0.5) is 21.5 Å². The van der Waals surface area contributed by atoms with Crippen molar-refractivity contribution in [3.05, 3.63) is 84.2 Å². The number of hydrogen-bond donors (Lipinski definition) is 0. The molecule has 0 saturated heterocycles. The second-order valence-corrected chi connectivity index (χ2v) is 5.53. The van der Waals surface area contributed by atoms with Crippen LogP contribution in [-0.4, -0.2) is 7.11 Å². The van der Waals surface area contributed by atoms with Gasteiger partial charge in [0.25, 0.3) is 0 Å². The molecule has 3 heteroatoms. The van der Waals surface area contributed by atoms with Crippen LogP contribution in [-0.2, 0) is 6.42 Å². The van der Waals surface area contributed by atoms with E-state index >= 15 is 0 Å². The summed E-state index contributed by atoms with van der Waals surface area (Å²) >= 11 is 0. The molecule has 0 spiro atoms. The summed E-state index contributed by atoms with van der Waals surface area (Å²) in [5, 5.41) is 0. The van der Waals surface area contributed by atoms with Crippen LogP contribution >= 0.6 is 0 Å². The first-order valence-electron chi connectivity index (χ1n) is 8.00. The summed E-state index contributed by atoms with van der Waals surface area (Å²) in [6.07, 6.45) is 0.966. The summed E-state index contributed by atoms with van der Waals surface area (Å²) in [4.78, 5) is 2.11. The van der Waals surface area contributed by atoms with Gasteiger partial charge in [0.1, 0.15) is 11.6 Å². The summed E-state index contributed by atoms with van der Waals surface area (Å²) in [6.45, 7) is 2.13. The Kier molecular flexibility index (Phi) is 4.80. The van der Waals surface area contributed by atoms with E-state index in [1.165, 1.54) is 17.7 Å². The third-order valence-electron chi connectivity index (χ3n) is 3.99. The molecule has 0 aliphatic rings. The van der Waals surface area contributed by atoms with E-state index in [1.807, 2.05) is 30.3 Å². The quantitative estimate of drug-likeness (QED) is 0.583. The lowest BCUT2D eigenvalue weighted by molar-refractivity contribution is 0.415. The van der Waals surface area contributed by atoms with Gasteiger partial charge in [0.05, 0.1) is 7.11 Å². The molecular formula is C21H20FNO. The Hall–Kier alpha value is -2.81. The van der Waals surface area contributed by atoms with Gasteiger partial charge in [-0.3, -0.25) is 0 Å². The van der Waals surface area contributed by atoms with Gasteiger partial charge in [-0.25, -0.2) is 4.39 Å². The monoisotopic (exact) mass is 321 g/mol. The SMILES string of the molecule is CCc1cccc(N(c2ccc(F)cc2)c2ccc(OC)cc2)c1. The van der Waals surface area contributed by atoms with Crippen LogP contribution in [0.5, 0.6) is 5.75 Å². The molecule has 0 saturated carbocycles. The molecule has 3 rings (SSSR count). The fourth-order valence-electron chi connectivity index (χ4n) is 2.68. The first kappa shape index (κ1) is 16.1. The molecule has 0 atom stereocenters. The highest BCUT2D eigenvalue weighted by molar-refractivity contribution is 5.76. The van der Waals surface area contributed by atoms with Crippen molar-refractivity contribution in [2.45, 2.75) is 13.3 Å². The molecule has 24 heavy (non-hydrogen) atoms. The Bertz CT molecular complexity index is 797. The molecule has 3 aromatic rings. The third-order valence-corrected chi connectivity index (χ3v) is 3.99. The Labute approximate surface area is 142 Å². The van der Waals surface area contributed by atoms with Gasteiger partial charge in [0.15, 0.2) is 0 Å². The minimum Gasteiger partial charge on any atom is -0.497 e. The Morgan fingerprint density at radius 1 is 0.833 bits per heavy atom. The lowest BCUT2D eigenvalue weighted by Crippen LogP contribution is -2.10. The first-order chi connectivity index (χ1) is 11.7. The summed E-state index contributed by atoms with van der Waals surface area (Å²) in [5.41, 5.74) is 4.21. The number of methoxy groups -OCH3 is 1. The molecule has 0 aliphatic heterocycles. The van der Waals surface area contributed by atoms with Crippen LogP contribution < -0.4 is 9.64 Å². The maximum atomic E-state index is 13.3. The van der Waals surface area contributed by atoms with Crippen molar-refractivity contribution in [2.24, 2.45) is 0 Å². The number of hydrogen-bond acceptors (Lipinski definition) is 2. The van der Waals surface area contributed by atoms with E-state index in [0.717, 1.165) is 29.2 Å².